The van der Waals surface area contributed by atoms with Gasteiger partial charge in [-0.3, -0.25) is 0 Å². The monoisotopic (exact) mass is 366 g/mol. The molecule has 3 aliphatic rings. The summed E-state index contributed by atoms with van der Waals surface area (Å²) in [6.45, 7) is 4.67. The molecule has 0 aromatic carbocycles. The van der Waals surface area contributed by atoms with E-state index in [4.69, 9.17) is 4.74 Å². The van der Waals surface area contributed by atoms with E-state index < -0.39 is 21.3 Å². The zero-order chi connectivity index (χ0) is 17.9. The van der Waals surface area contributed by atoms with Gasteiger partial charge in [-0.1, -0.05) is 12.7 Å². The van der Waals surface area contributed by atoms with Crippen molar-refractivity contribution in [2.45, 2.75) is 56.6 Å². The Morgan fingerprint density at radius 1 is 1.20 bits per heavy atom. The quantitative estimate of drug-likeness (QED) is 0.804. The third kappa shape index (κ3) is 4.33. The van der Waals surface area contributed by atoms with E-state index in [0.29, 0.717) is 18.7 Å². The van der Waals surface area contributed by atoms with Crippen LogP contribution in [0.15, 0.2) is 35.1 Å². The van der Waals surface area contributed by atoms with Crippen molar-refractivity contribution in [1.82, 2.24) is 10.0 Å². The number of hydrogen-bond donors (Lipinski definition) is 2. The number of hydrogen-bond acceptors (Lipinski definition) is 4. The Hall–Kier alpha value is -1.60. The summed E-state index contributed by atoms with van der Waals surface area (Å²) in [5.74, 6) is 0. The molecule has 138 valence electrons. The van der Waals surface area contributed by atoms with Crippen molar-refractivity contribution in [3.05, 3.63) is 35.1 Å². The fraction of sp³-hybridized carbons (Fsp3) is 0.611. The molecule has 1 saturated carbocycles. The lowest BCUT2D eigenvalue weighted by Gasteiger charge is -2.18. The van der Waals surface area contributed by atoms with E-state index >= 15 is 0 Å². The molecule has 1 atom stereocenters. The minimum absolute atomic E-state index is 0.135. The Balaban J connectivity index is 1.77. The molecule has 1 aliphatic heterocycles. The molecule has 1 heterocycles. The highest BCUT2D eigenvalue weighted by Gasteiger charge is 2.31. The molecular formula is C18H26N2O4S. The van der Waals surface area contributed by atoms with Crippen molar-refractivity contribution in [2.75, 3.05) is 13.2 Å². The number of nitrogens with one attached hydrogen (secondary N) is 2. The Morgan fingerprint density at radius 2 is 2.04 bits per heavy atom. The molecule has 1 unspecified atom stereocenters. The van der Waals surface area contributed by atoms with Gasteiger partial charge in [-0.05, 0) is 68.1 Å². The van der Waals surface area contributed by atoms with Crippen LogP contribution < -0.4 is 10.0 Å². The standard InChI is InChI=1S/C18H26N2O4S/c1-13-6-3-2-4-7-14-8-5-9-16(14)17(13)19-18(21)20-25(22,23)15-10-11-24-12-15/h7,15H,1-6,8-12H2,(H2,19,20,21)/b14-7-,17-16?. The van der Waals surface area contributed by atoms with Gasteiger partial charge in [0.2, 0.25) is 10.0 Å². The molecular weight excluding hydrogens is 340 g/mol. The van der Waals surface area contributed by atoms with E-state index in [1.165, 1.54) is 5.57 Å². The average Bonchev–Trinajstić information content (AvgIpc) is 3.22. The van der Waals surface area contributed by atoms with E-state index in [1.54, 1.807) is 0 Å². The largest absolute Gasteiger partial charge is 0.380 e. The highest BCUT2D eigenvalue weighted by Crippen LogP contribution is 2.36. The number of amides is 2. The maximum Gasteiger partial charge on any atom is 0.332 e. The van der Waals surface area contributed by atoms with Gasteiger partial charge in [0.15, 0.2) is 0 Å². The van der Waals surface area contributed by atoms with Crippen LogP contribution in [0.3, 0.4) is 0 Å². The number of urea groups is 1. The van der Waals surface area contributed by atoms with Gasteiger partial charge in [0.05, 0.1) is 6.61 Å². The fourth-order valence-corrected chi connectivity index (χ4v) is 4.81. The van der Waals surface area contributed by atoms with Gasteiger partial charge >= 0.3 is 6.03 Å². The van der Waals surface area contributed by atoms with Gasteiger partial charge in [0, 0.05) is 12.3 Å². The predicted octanol–water partition coefficient (Wildman–Crippen LogP) is 2.90. The number of carbonyl (C=O) groups excluding carboxylic acids is 1. The Kier molecular flexibility index (Phi) is 5.64. The SMILES string of the molecule is C=C1CCCC/C=C2/CCCC2=C1NC(=O)NS(=O)(=O)C1CCOC1. The first-order valence-corrected chi connectivity index (χ1v) is 10.5. The van der Waals surface area contributed by atoms with Crippen LogP contribution in [0.2, 0.25) is 0 Å². The molecule has 6 nitrogen and oxygen atoms in total. The first kappa shape index (κ1) is 18.2. The molecule has 2 N–H and O–H groups in total. The van der Waals surface area contributed by atoms with Crippen LogP contribution in [-0.2, 0) is 14.8 Å². The second-order valence-corrected chi connectivity index (χ2v) is 8.83. The Bertz CT molecular complexity index is 715. The van der Waals surface area contributed by atoms with Crippen LogP contribution in [-0.4, -0.2) is 32.9 Å². The molecule has 0 bridgehead atoms. The lowest BCUT2D eigenvalue weighted by molar-refractivity contribution is 0.198. The van der Waals surface area contributed by atoms with E-state index in [2.05, 4.69) is 22.7 Å². The van der Waals surface area contributed by atoms with Crippen LogP contribution in [0.1, 0.15) is 51.4 Å². The maximum atomic E-state index is 12.4. The highest BCUT2D eigenvalue weighted by molar-refractivity contribution is 7.90. The van der Waals surface area contributed by atoms with Gasteiger partial charge in [0.1, 0.15) is 5.25 Å². The number of carbonyl (C=O) groups is 1. The van der Waals surface area contributed by atoms with Crippen molar-refractivity contribution in [2.24, 2.45) is 0 Å². The van der Waals surface area contributed by atoms with E-state index in [1.807, 2.05) is 0 Å². The highest BCUT2D eigenvalue weighted by atomic mass is 32.2. The molecule has 1 saturated heterocycles. The van der Waals surface area contributed by atoms with Gasteiger partial charge in [-0.25, -0.2) is 17.9 Å². The lowest BCUT2D eigenvalue weighted by atomic mass is 10.0. The lowest BCUT2D eigenvalue weighted by Crippen LogP contribution is -2.44. The molecule has 0 aromatic rings. The van der Waals surface area contributed by atoms with E-state index in [9.17, 15) is 13.2 Å². The van der Waals surface area contributed by atoms with Gasteiger partial charge < -0.3 is 10.1 Å². The third-order valence-electron chi connectivity index (χ3n) is 5.04. The molecule has 0 radical (unpaired) electrons. The van der Waals surface area contributed by atoms with E-state index in [0.717, 1.165) is 56.1 Å². The first-order valence-electron chi connectivity index (χ1n) is 8.98. The molecule has 0 aromatic heterocycles. The number of rotatable bonds is 3. The summed E-state index contributed by atoms with van der Waals surface area (Å²) < 4.78 is 31.8. The molecule has 7 heteroatoms. The molecule has 3 rings (SSSR count). The summed E-state index contributed by atoms with van der Waals surface area (Å²) in [6, 6.07) is -0.707. The molecule has 0 spiro atoms. The number of allylic oxidation sites excluding steroid dienone is 4. The van der Waals surface area contributed by atoms with Crippen molar-refractivity contribution in [3.8, 4) is 0 Å². The summed E-state index contributed by atoms with van der Waals surface area (Å²) in [4.78, 5) is 12.4. The number of fused-ring (bicyclic) bond motifs is 1. The topological polar surface area (TPSA) is 84.5 Å². The Labute approximate surface area is 149 Å². The van der Waals surface area contributed by atoms with Crippen LogP contribution in [0.4, 0.5) is 4.79 Å². The minimum Gasteiger partial charge on any atom is -0.380 e. The van der Waals surface area contributed by atoms with Crippen molar-refractivity contribution in [1.29, 1.82) is 0 Å². The van der Waals surface area contributed by atoms with Crippen molar-refractivity contribution >= 4 is 16.1 Å². The third-order valence-corrected chi connectivity index (χ3v) is 6.76. The number of sulfonamides is 1. The summed E-state index contributed by atoms with van der Waals surface area (Å²) >= 11 is 0. The normalized spacial score (nSPS) is 27.0. The minimum atomic E-state index is -3.73. The van der Waals surface area contributed by atoms with Crippen LogP contribution in [0.25, 0.3) is 0 Å². The zero-order valence-electron chi connectivity index (χ0n) is 14.5. The molecule has 2 aliphatic carbocycles. The molecule has 25 heavy (non-hydrogen) atoms. The van der Waals surface area contributed by atoms with E-state index in [-0.39, 0.29) is 6.61 Å². The molecule has 2 fully saturated rings. The van der Waals surface area contributed by atoms with Crippen LogP contribution in [0, 0.1) is 0 Å². The number of ether oxygens (including phenoxy) is 1. The summed E-state index contributed by atoms with van der Waals surface area (Å²) in [6.07, 6.45) is 9.59. The first-order chi connectivity index (χ1) is 12.0. The maximum absolute atomic E-state index is 12.4. The second-order valence-electron chi connectivity index (χ2n) is 6.87. The zero-order valence-corrected chi connectivity index (χ0v) is 15.3. The summed E-state index contributed by atoms with van der Waals surface area (Å²) in [7, 11) is -3.73. The van der Waals surface area contributed by atoms with Crippen molar-refractivity contribution in [3.63, 3.8) is 0 Å². The summed E-state index contributed by atoms with van der Waals surface area (Å²) in [5, 5.41) is 2.12. The van der Waals surface area contributed by atoms with Gasteiger partial charge in [0.25, 0.3) is 0 Å². The van der Waals surface area contributed by atoms with Crippen LogP contribution >= 0.6 is 0 Å². The fourth-order valence-electron chi connectivity index (χ4n) is 3.65. The smallest absolute Gasteiger partial charge is 0.332 e. The van der Waals surface area contributed by atoms with Gasteiger partial charge in [-0.15, -0.1) is 0 Å². The van der Waals surface area contributed by atoms with Crippen molar-refractivity contribution < 1.29 is 17.9 Å². The van der Waals surface area contributed by atoms with Crippen LogP contribution in [0.5, 0.6) is 0 Å². The summed E-state index contributed by atoms with van der Waals surface area (Å²) in [5.41, 5.74) is 3.97. The second kappa shape index (κ2) is 7.74. The predicted molar refractivity (Wildman–Crippen MR) is 96.4 cm³/mol. The average molecular weight is 366 g/mol. The Morgan fingerprint density at radius 3 is 2.80 bits per heavy atom. The molecule has 2 amide bonds. The van der Waals surface area contributed by atoms with Gasteiger partial charge in [-0.2, -0.15) is 0 Å².